The van der Waals surface area contributed by atoms with Crippen molar-refractivity contribution in [2.24, 2.45) is 10.8 Å². The van der Waals surface area contributed by atoms with Crippen LogP contribution in [0.25, 0.3) is 0 Å². The standard InChI is InChI=1S/C10H12ClN3O2/c1-2-16-10(15)9(12)14-13-8-6-4-3-5-7(8)11/h3-6,13H,2H2,1H3,(H2,12,14). The van der Waals surface area contributed by atoms with Crippen LogP contribution < -0.4 is 11.2 Å². The average molecular weight is 242 g/mol. The molecule has 0 spiro atoms. The van der Waals surface area contributed by atoms with Crippen LogP contribution in [0, 0.1) is 0 Å². The molecule has 0 radical (unpaired) electrons. The molecular weight excluding hydrogens is 230 g/mol. The summed E-state index contributed by atoms with van der Waals surface area (Å²) in [7, 11) is 0. The van der Waals surface area contributed by atoms with Gasteiger partial charge in [0.1, 0.15) is 0 Å². The highest BCUT2D eigenvalue weighted by molar-refractivity contribution is 6.35. The van der Waals surface area contributed by atoms with Crippen LogP contribution >= 0.6 is 11.6 Å². The number of anilines is 1. The molecule has 0 amide bonds. The molecule has 16 heavy (non-hydrogen) atoms. The lowest BCUT2D eigenvalue weighted by Crippen LogP contribution is -2.27. The maximum atomic E-state index is 11.1. The summed E-state index contributed by atoms with van der Waals surface area (Å²) in [6.07, 6.45) is 0. The minimum Gasteiger partial charge on any atom is -0.460 e. The number of halogens is 1. The summed E-state index contributed by atoms with van der Waals surface area (Å²) in [6, 6.07) is 6.97. The third-order valence-corrected chi connectivity index (χ3v) is 1.98. The molecule has 6 heteroatoms. The molecule has 0 saturated carbocycles. The van der Waals surface area contributed by atoms with Gasteiger partial charge in [-0.05, 0) is 19.1 Å². The van der Waals surface area contributed by atoms with Crippen LogP contribution in [0.15, 0.2) is 29.4 Å². The zero-order valence-corrected chi connectivity index (χ0v) is 9.49. The van der Waals surface area contributed by atoms with Crippen molar-refractivity contribution in [3.8, 4) is 0 Å². The van der Waals surface area contributed by atoms with Crippen LogP contribution in [-0.4, -0.2) is 18.4 Å². The highest BCUT2D eigenvalue weighted by Crippen LogP contribution is 2.19. The van der Waals surface area contributed by atoms with Crippen molar-refractivity contribution in [3.63, 3.8) is 0 Å². The fourth-order valence-electron chi connectivity index (χ4n) is 0.923. The average Bonchev–Trinajstić information content (AvgIpc) is 2.28. The smallest absolute Gasteiger partial charge is 0.375 e. The lowest BCUT2D eigenvalue weighted by Gasteiger charge is -2.04. The number of esters is 1. The number of nitrogens with zero attached hydrogens (tertiary/aromatic N) is 1. The van der Waals surface area contributed by atoms with Gasteiger partial charge >= 0.3 is 5.97 Å². The molecular formula is C10H12ClN3O2. The highest BCUT2D eigenvalue weighted by atomic mass is 35.5. The number of hydrogen-bond donors (Lipinski definition) is 2. The summed E-state index contributed by atoms with van der Waals surface area (Å²) < 4.78 is 4.65. The fraction of sp³-hybridized carbons (Fsp3) is 0.200. The molecule has 0 bridgehead atoms. The van der Waals surface area contributed by atoms with E-state index >= 15 is 0 Å². The van der Waals surface area contributed by atoms with Crippen LogP contribution in [0.3, 0.4) is 0 Å². The molecule has 0 aromatic heterocycles. The number of rotatable bonds is 3. The van der Waals surface area contributed by atoms with E-state index in [1.807, 2.05) is 0 Å². The summed E-state index contributed by atoms with van der Waals surface area (Å²) in [5.41, 5.74) is 8.52. The maximum Gasteiger partial charge on any atom is 0.375 e. The normalized spacial score (nSPS) is 11.0. The first-order valence-electron chi connectivity index (χ1n) is 4.66. The number of nitrogens with two attached hydrogens (primary N) is 1. The lowest BCUT2D eigenvalue weighted by atomic mass is 10.3. The Morgan fingerprint density at radius 2 is 2.25 bits per heavy atom. The minimum absolute atomic E-state index is 0.248. The number of ether oxygens (including phenoxy) is 1. The number of carbonyl (C=O) groups is 1. The maximum absolute atomic E-state index is 11.1. The molecule has 0 atom stereocenters. The van der Waals surface area contributed by atoms with Crippen molar-refractivity contribution in [1.29, 1.82) is 0 Å². The van der Waals surface area contributed by atoms with Crippen LogP contribution in [0.4, 0.5) is 5.69 Å². The number of para-hydroxylation sites is 1. The molecule has 0 aliphatic carbocycles. The number of hydrazone groups is 1. The molecule has 0 saturated heterocycles. The molecule has 5 nitrogen and oxygen atoms in total. The van der Waals surface area contributed by atoms with Crippen molar-refractivity contribution in [2.45, 2.75) is 6.92 Å². The van der Waals surface area contributed by atoms with E-state index in [9.17, 15) is 4.79 Å². The third-order valence-electron chi connectivity index (χ3n) is 1.66. The minimum atomic E-state index is -0.665. The molecule has 1 aromatic carbocycles. The van der Waals surface area contributed by atoms with Crippen molar-refractivity contribution in [1.82, 2.24) is 0 Å². The first-order valence-corrected chi connectivity index (χ1v) is 5.03. The predicted molar refractivity (Wildman–Crippen MR) is 63.3 cm³/mol. The summed E-state index contributed by atoms with van der Waals surface area (Å²) in [4.78, 5) is 11.1. The van der Waals surface area contributed by atoms with Crippen molar-refractivity contribution in [2.75, 3.05) is 12.0 Å². The number of amidine groups is 1. The Morgan fingerprint density at radius 1 is 1.56 bits per heavy atom. The molecule has 0 heterocycles. The van der Waals surface area contributed by atoms with Crippen LogP contribution in [0.5, 0.6) is 0 Å². The largest absolute Gasteiger partial charge is 0.460 e. The summed E-state index contributed by atoms with van der Waals surface area (Å²) in [5.74, 6) is -0.913. The molecule has 3 N–H and O–H groups in total. The molecule has 1 aromatic rings. The second-order valence-corrected chi connectivity index (χ2v) is 3.22. The molecule has 0 aliphatic heterocycles. The van der Waals surface area contributed by atoms with E-state index in [1.54, 1.807) is 31.2 Å². The Morgan fingerprint density at radius 3 is 2.88 bits per heavy atom. The van der Waals surface area contributed by atoms with Gasteiger partial charge in [0.05, 0.1) is 17.3 Å². The number of carbonyl (C=O) groups excluding carboxylic acids is 1. The Bertz CT molecular complexity index is 407. The molecule has 1 rings (SSSR count). The van der Waals surface area contributed by atoms with Gasteiger partial charge in [-0.3, -0.25) is 5.43 Å². The second kappa shape index (κ2) is 5.97. The number of hydrogen-bond acceptors (Lipinski definition) is 4. The summed E-state index contributed by atoms with van der Waals surface area (Å²) in [6.45, 7) is 1.94. The zero-order chi connectivity index (χ0) is 12.0. The zero-order valence-electron chi connectivity index (χ0n) is 8.74. The first kappa shape index (κ1) is 12.3. The number of benzene rings is 1. The quantitative estimate of drug-likeness (QED) is 0.365. The Hall–Kier alpha value is -1.75. The second-order valence-electron chi connectivity index (χ2n) is 2.81. The predicted octanol–water partition coefficient (Wildman–Crippen LogP) is 1.59. The van der Waals surface area contributed by atoms with E-state index in [0.717, 1.165) is 0 Å². The highest BCUT2D eigenvalue weighted by Gasteiger charge is 2.07. The van der Waals surface area contributed by atoms with Gasteiger partial charge in [-0.15, -0.1) is 5.10 Å². The monoisotopic (exact) mass is 241 g/mol. The molecule has 0 fully saturated rings. The summed E-state index contributed by atoms with van der Waals surface area (Å²) >= 11 is 5.86. The first-order chi connectivity index (χ1) is 7.65. The fourth-order valence-corrected chi connectivity index (χ4v) is 1.10. The van der Waals surface area contributed by atoms with Gasteiger partial charge in [0.15, 0.2) is 0 Å². The van der Waals surface area contributed by atoms with Gasteiger partial charge in [-0.25, -0.2) is 4.79 Å². The van der Waals surface area contributed by atoms with E-state index in [0.29, 0.717) is 10.7 Å². The van der Waals surface area contributed by atoms with Crippen molar-refractivity contribution < 1.29 is 9.53 Å². The summed E-state index contributed by atoms with van der Waals surface area (Å²) in [5, 5.41) is 4.15. The Labute approximate surface area is 98.2 Å². The van der Waals surface area contributed by atoms with Gasteiger partial charge in [0, 0.05) is 0 Å². The van der Waals surface area contributed by atoms with Gasteiger partial charge in [-0.1, -0.05) is 23.7 Å². The van der Waals surface area contributed by atoms with Crippen molar-refractivity contribution in [3.05, 3.63) is 29.3 Å². The van der Waals surface area contributed by atoms with E-state index in [1.165, 1.54) is 0 Å². The van der Waals surface area contributed by atoms with Crippen LogP contribution in [0.2, 0.25) is 5.02 Å². The van der Waals surface area contributed by atoms with Gasteiger partial charge in [0.2, 0.25) is 5.84 Å². The molecule has 86 valence electrons. The van der Waals surface area contributed by atoms with E-state index in [-0.39, 0.29) is 12.4 Å². The van der Waals surface area contributed by atoms with Crippen molar-refractivity contribution >= 4 is 29.1 Å². The lowest BCUT2D eigenvalue weighted by molar-refractivity contribution is -0.135. The number of nitrogens with one attached hydrogen (secondary N) is 1. The van der Waals surface area contributed by atoms with E-state index in [2.05, 4.69) is 15.3 Å². The van der Waals surface area contributed by atoms with E-state index < -0.39 is 5.97 Å². The third kappa shape index (κ3) is 3.43. The SMILES string of the molecule is CCOC(=O)/C(N)=N/Nc1ccccc1Cl. The Balaban J connectivity index is 2.66. The van der Waals surface area contributed by atoms with Crippen LogP contribution in [-0.2, 0) is 9.53 Å². The van der Waals surface area contributed by atoms with Crippen LogP contribution in [0.1, 0.15) is 6.92 Å². The molecule has 0 aliphatic rings. The Kier molecular flexibility index (Phi) is 4.60. The van der Waals surface area contributed by atoms with Gasteiger partial charge < -0.3 is 10.5 Å². The van der Waals surface area contributed by atoms with Gasteiger partial charge in [0.25, 0.3) is 0 Å². The van der Waals surface area contributed by atoms with Gasteiger partial charge in [-0.2, -0.15) is 0 Å². The van der Waals surface area contributed by atoms with E-state index in [4.69, 9.17) is 17.3 Å². The topological polar surface area (TPSA) is 76.7 Å². The molecule has 0 unspecified atom stereocenters.